The largest absolute Gasteiger partial charge is 0.350 e. The van der Waals surface area contributed by atoms with Crippen LogP contribution >= 0.6 is 0 Å². The van der Waals surface area contributed by atoms with E-state index in [1.54, 1.807) is 12.1 Å². The lowest BCUT2D eigenvalue weighted by Gasteiger charge is -2.18. The van der Waals surface area contributed by atoms with Crippen LogP contribution in [-0.2, 0) is 11.3 Å². The van der Waals surface area contributed by atoms with E-state index in [0.29, 0.717) is 13.0 Å². The number of hydrogen-bond acceptors (Lipinski definition) is 2. The zero-order valence-electron chi connectivity index (χ0n) is 14.0. The molecule has 1 aromatic heterocycles. The standard InChI is InChI=1S/C20H20FN3O/c1-14-11-18(24-23-14)13-22-20(25)12-19(15-5-3-2-4-6-15)16-7-9-17(21)10-8-16/h2-11,19H,12-13H2,1H3,(H,22,25)(H,23,24). The Kier molecular flexibility index (Phi) is 5.23. The summed E-state index contributed by atoms with van der Waals surface area (Å²) < 4.78 is 13.2. The Morgan fingerprint density at radius 2 is 1.80 bits per heavy atom. The normalized spacial score (nSPS) is 11.9. The van der Waals surface area contributed by atoms with Crippen molar-refractivity contribution >= 4 is 5.91 Å². The maximum Gasteiger partial charge on any atom is 0.221 e. The molecule has 1 amide bonds. The Balaban J connectivity index is 1.73. The van der Waals surface area contributed by atoms with Crippen LogP contribution in [0.1, 0.15) is 34.9 Å². The number of nitrogens with one attached hydrogen (secondary N) is 2. The number of aromatic amines is 1. The first kappa shape index (κ1) is 16.9. The van der Waals surface area contributed by atoms with Gasteiger partial charge in [-0.15, -0.1) is 0 Å². The van der Waals surface area contributed by atoms with Crippen molar-refractivity contribution in [3.63, 3.8) is 0 Å². The Bertz CT molecular complexity index is 828. The lowest BCUT2D eigenvalue weighted by Crippen LogP contribution is -2.25. The highest BCUT2D eigenvalue weighted by molar-refractivity contribution is 5.77. The molecule has 0 bridgehead atoms. The molecular weight excluding hydrogens is 317 g/mol. The van der Waals surface area contributed by atoms with Crippen molar-refractivity contribution in [1.29, 1.82) is 0 Å². The number of H-pyrrole nitrogens is 1. The monoisotopic (exact) mass is 337 g/mol. The molecule has 1 heterocycles. The third-order valence-electron chi connectivity index (χ3n) is 4.09. The fourth-order valence-corrected chi connectivity index (χ4v) is 2.82. The number of benzene rings is 2. The summed E-state index contributed by atoms with van der Waals surface area (Å²) in [5, 5.41) is 9.86. The van der Waals surface area contributed by atoms with Gasteiger partial charge < -0.3 is 5.32 Å². The maximum atomic E-state index is 13.2. The summed E-state index contributed by atoms with van der Waals surface area (Å²) >= 11 is 0. The van der Waals surface area contributed by atoms with Gasteiger partial charge in [-0.05, 0) is 36.2 Å². The van der Waals surface area contributed by atoms with Gasteiger partial charge in [0.15, 0.2) is 0 Å². The Labute approximate surface area is 146 Å². The van der Waals surface area contributed by atoms with E-state index in [2.05, 4.69) is 15.5 Å². The van der Waals surface area contributed by atoms with E-state index >= 15 is 0 Å². The first-order chi connectivity index (χ1) is 12.1. The number of halogens is 1. The molecule has 1 atom stereocenters. The molecule has 0 aliphatic heterocycles. The van der Waals surface area contributed by atoms with Crippen molar-refractivity contribution in [1.82, 2.24) is 15.5 Å². The highest BCUT2D eigenvalue weighted by Crippen LogP contribution is 2.28. The Hall–Kier alpha value is -2.95. The second-order valence-electron chi connectivity index (χ2n) is 6.04. The molecule has 4 nitrogen and oxygen atoms in total. The quantitative estimate of drug-likeness (QED) is 0.721. The van der Waals surface area contributed by atoms with Crippen molar-refractivity contribution in [2.75, 3.05) is 0 Å². The average Bonchev–Trinajstić information content (AvgIpc) is 3.05. The third kappa shape index (κ3) is 4.53. The number of carbonyl (C=O) groups is 1. The van der Waals surface area contributed by atoms with E-state index in [1.807, 2.05) is 43.3 Å². The molecule has 0 radical (unpaired) electrons. The van der Waals surface area contributed by atoms with Gasteiger partial charge in [-0.3, -0.25) is 9.89 Å². The van der Waals surface area contributed by atoms with Gasteiger partial charge in [0.2, 0.25) is 5.91 Å². The highest BCUT2D eigenvalue weighted by Gasteiger charge is 2.18. The SMILES string of the molecule is Cc1cc(CNC(=O)CC(c2ccccc2)c2ccc(F)cc2)n[nH]1. The molecule has 0 aliphatic rings. The molecule has 5 heteroatoms. The summed E-state index contributed by atoms with van der Waals surface area (Å²) in [6, 6.07) is 18.0. The van der Waals surface area contributed by atoms with Gasteiger partial charge in [0.25, 0.3) is 0 Å². The minimum atomic E-state index is -0.283. The van der Waals surface area contributed by atoms with E-state index in [9.17, 15) is 9.18 Å². The minimum Gasteiger partial charge on any atom is -0.350 e. The molecule has 0 saturated carbocycles. The lowest BCUT2D eigenvalue weighted by atomic mass is 9.88. The number of amides is 1. The second-order valence-corrected chi connectivity index (χ2v) is 6.04. The number of aromatic nitrogens is 2. The van der Waals surface area contributed by atoms with Crippen LogP contribution in [0.5, 0.6) is 0 Å². The van der Waals surface area contributed by atoms with Gasteiger partial charge in [-0.1, -0.05) is 42.5 Å². The van der Waals surface area contributed by atoms with Crippen LogP contribution in [0.4, 0.5) is 4.39 Å². The molecule has 0 fully saturated rings. The summed E-state index contributed by atoms with van der Waals surface area (Å²) in [6.45, 7) is 2.30. The van der Waals surface area contributed by atoms with Gasteiger partial charge in [-0.25, -0.2) is 4.39 Å². The van der Waals surface area contributed by atoms with Crippen molar-refractivity contribution in [3.05, 3.63) is 89.0 Å². The van der Waals surface area contributed by atoms with E-state index in [1.165, 1.54) is 12.1 Å². The molecule has 25 heavy (non-hydrogen) atoms. The summed E-state index contributed by atoms with van der Waals surface area (Å²) in [5.74, 6) is -0.476. The molecule has 0 spiro atoms. The summed E-state index contributed by atoms with van der Waals surface area (Å²) in [6.07, 6.45) is 0.291. The smallest absolute Gasteiger partial charge is 0.221 e. The van der Waals surface area contributed by atoms with Crippen molar-refractivity contribution < 1.29 is 9.18 Å². The number of hydrogen-bond donors (Lipinski definition) is 2. The number of carbonyl (C=O) groups excluding carboxylic acids is 1. The van der Waals surface area contributed by atoms with E-state index in [0.717, 1.165) is 22.5 Å². The van der Waals surface area contributed by atoms with E-state index in [4.69, 9.17) is 0 Å². The first-order valence-corrected chi connectivity index (χ1v) is 8.20. The van der Waals surface area contributed by atoms with Crippen LogP contribution in [-0.4, -0.2) is 16.1 Å². The van der Waals surface area contributed by atoms with Crippen LogP contribution in [0.15, 0.2) is 60.7 Å². The van der Waals surface area contributed by atoms with Gasteiger partial charge in [0.1, 0.15) is 5.82 Å². The molecule has 1 unspecified atom stereocenters. The van der Waals surface area contributed by atoms with Crippen molar-refractivity contribution in [2.45, 2.75) is 25.8 Å². The van der Waals surface area contributed by atoms with Crippen LogP contribution in [0.3, 0.4) is 0 Å². The fourth-order valence-electron chi connectivity index (χ4n) is 2.82. The van der Waals surface area contributed by atoms with Gasteiger partial charge in [0, 0.05) is 18.0 Å². The molecule has 0 saturated heterocycles. The summed E-state index contributed by atoms with van der Waals surface area (Å²) in [4.78, 5) is 12.4. The van der Waals surface area contributed by atoms with Crippen LogP contribution < -0.4 is 5.32 Å². The molecule has 3 rings (SSSR count). The molecule has 0 aliphatic carbocycles. The van der Waals surface area contributed by atoms with Crippen LogP contribution in [0.2, 0.25) is 0 Å². The lowest BCUT2D eigenvalue weighted by molar-refractivity contribution is -0.121. The Morgan fingerprint density at radius 1 is 1.12 bits per heavy atom. The predicted octanol–water partition coefficient (Wildman–Crippen LogP) is 3.70. The third-order valence-corrected chi connectivity index (χ3v) is 4.09. The fraction of sp³-hybridized carbons (Fsp3) is 0.200. The number of aryl methyl sites for hydroxylation is 1. The molecule has 2 N–H and O–H groups in total. The molecular formula is C20H20FN3O. The zero-order valence-corrected chi connectivity index (χ0v) is 14.0. The van der Waals surface area contributed by atoms with E-state index in [-0.39, 0.29) is 17.6 Å². The second kappa shape index (κ2) is 7.75. The van der Waals surface area contributed by atoms with Gasteiger partial charge in [-0.2, -0.15) is 5.10 Å². The molecule has 3 aromatic rings. The topological polar surface area (TPSA) is 57.8 Å². The van der Waals surface area contributed by atoms with Crippen molar-refractivity contribution in [3.8, 4) is 0 Å². The average molecular weight is 337 g/mol. The Morgan fingerprint density at radius 3 is 2.44 bits per heavy atom. The molecule has 128 valence electrons. The number of nitrogens with zero attached hydrogens (tertiary/aromatic N) is 1. The maximum absolute atomic E-state index is 13.2. The van der Waals surface area contributed by atoms with Gasteiger partial charge in [0.05, 0.1) is 12.2 Å². The first-order valence-electron chi connectivity index (χ1n) is 8.20. The summed E-state index contributed by atoms with van der Waals surface area (Å²) in [7, 11) is 0. The predicted molar refractivity (Wildman–Crippen MR) is 94.5 cm³/mol. The summed E-state index contributed by atoms with van der Waals surface area (Å²) in [5.41, 5.74) is 3.69. The highest BCUT2D eigenvalue weighted by atomic mass is 19.1. The van der Waals surface area contributed by atoms with E-state index < -0.39 is 0 Å². The van der Waals surface area contributed by atoms with Crippen LogP contribution in [0, 0.1) is 12.7 Å². The van der Waals surface area contributed by atoms with Crippen molar-refractivity contribution in [2.24, 2.45) is 0 Å². The number of rotatable bonds is 6. The zero-order chi connectivity index (χ0) is 17.6. The minimum absolute atomic E-state index is 0.0705. The van der Waals surface area contributed by atoms with Crippen LogP contribution in [0.25, 0.3) is 0 Å². The van der Waals surface area contributed by atoms with Gasteiger partial charge >= 0.3 is 0 Å². The molecule has 2 aromatic carbocycles.